The Kier molecular flexibility index (Phi) is 13.7. The quantitative estimate of drug-likeness (QED) is 0.0403. The number of ether oxygens (including phenoxy) is 7. The molecular weight excluding hydrogens is 726 g/mol. The number of methoxy groups -OCH3 is 1. The van der Waals surface area contributed by atoms with Crippen LogP contribution in [-0.4, -0.2) is 62.4 Å². The highest BCUT2D eigenvalue weighted by Gasteiger charge is 2.18. The van der Waals surface area contributed by atoms with E-state index in [0.29, 0.717) is 54.2 Å². The van der Waals surface area contributed by atoms with E-state index in [1.54, 1.807) is 67.6 Å². The van der Waals surface area contributed by atoms with E-state index in [1.807, 2.05) is 0 Å². The highest BCUT2D eigenvalue weighted by Crippen LogP contribution is 2.33. The minimum absolute atomic E-state index is 0.0163. The summed E-state index contributed by atoms with van der Waals surface area (Å²) in [6.07, 6.45) is 3.13. The van der Waals surface area contributed by atoms with Crippen LogP contribution < -0.4 is 29.3 Å². The molecule has 1 aromatic heterocycles. The molecule has 5 aromatic rings. The number of hydrogen-bond donors (Lipinski definition) is 0. The molecule has 0 fully saturated rings. The molecule has 56 heavy (non-hydrogen) atoms. The third-order valence-electron chi connectivity index (χ3n) is 7.86. The van der Waals surface area contributed by atoms with E-state index in [1.165, 1.54) is 25.3 Å². The van der Waals surface area contributed by atoms with Gasteiger partial charge in [0.15, 0.2) is 11.5 Å². The molecule has 0 spiro atoms. The van der Waals surface area contributed by atoms with Crippen molar-refractivity contribution in [3.05, 3.63) is 131 Å². The van der Waals surface area contributed by atoms with Gasteiger partial charge in [-0.1, -0.05) is 13.2 Å². The molecule has 0 aliphatic carbocycles. The van der Waals surface area contributed by atoms with Gasteiger partial charge in [0.05, 0.1) is 55.6 Å². The second-order valence-electron chi connectivity index (χ2n) is 11.8. The Morgan fingerprint density at radius 3 is 1.73 bits per heavy atom. The van der Waals surface area contributed by atoms with Gasteiger partial charge in [-0.3, -0.25) is 0 Å². The lowest BCUT2D eigenvalue weighted by atomic mass is 10.1. The summed E-state index contributed by atoms with van der Waals surface area (Å²) in [7, 11) is 1.40. The fraction of sp³-hybridized carbons (Fsp3) is 0.190. The van der Waals surface area contributed by atoms with Gasteiger partial charge >= 0.3 is 29.5 Å². The molecule has 0 radical (unpaired) electrons. The van der Waals surface area contributed by atoms with Crippen LogP contribution in [0.2, 0.25) is 0 Å². The van der Waals surface area contributed by atoms with Gasteiger partial charge in [0.1, 0.15) is 17.2 Å². The third-order valence-corrected chi connectivity index (χ3v) is 7.86. The van der Waals surface area contributed by atoms with E-state index in [9.17, 15) is 24.0 Å². The fourth-order valence-electron chi connectivity index (χ4n) is 4.98. The molecule has 0 saturated heterocycles. The molecule has 1 heterocycles. The number of carbonyl (C=O) groups is 4. The van der Waals surface area contributed by atoms with E-state index in [4.69, 9.17) is 37.6 Å². The minimum Gasteiger partial charge on any atom is -0.493 e. The molecular formula is C42H37NO13. The first kappa shape index (κ1) is 40.0. The van der Waals surface area contributed by atoms with Gasteiger partial charge in [-0.05, 0) is 91.3 Å². The van der Waals surface area contributed by atoms with Gasteiger partial charge in [0, 0.05) is 30.6 Å². The minimum atomic E-state index is -0.721. The Balaban J connectivity index is 1.20. The average molecular weight is 764 g/mol. The molecule has 14 nitrogen and oxygen atoms in total. The van der Waals surface area contributed by atoms with Crippen molar-refractivity contribution < 1.29 is 56.8 Å². The monoisotopic (exact) mass is 763 g/mol. The second kappa shape index (κ2) is 19.2. The topological polar surface area (TPSA) is 176 Å². The zero-order valence-electron chi connectivity index (χ0n) is 30.6. The van der Waals surface area contributed by atoms with Crippen LogP contribution in [0.4, 0.5) is 0 Å². The summed E-state index contributed by atoms with van der Waals surface area (Å²) in [4.78, 5) is 65.8. The van der Waals surface area contributed by atoms with Crippen molar-refractivity contribution in [1.82, 2.24) is 4.98 Å². The molecule has 0 atom stereocenters. The highest BCUT2D eigenvalue weighted by atomic mass is 16.6. The molecule has 288 valence electrons. The number of carbonyl (C=O) groups excluding carboxylic acids is 4. The van der Waals surface area contributed by atoms with Crippen LogP contribution in [0.25, 0.3) is 22.4 Å². The Morgan fingerprint density at radius 2 is 1.21 bits per heavy atom. The van der Waals surface area contributed by atoms with Crippen LogP contribution in [0, 0.1) is 6.92 Å². The van der Waals surface area contributed by atoms with Crippen molar-refractivity contribution in [2.75, 3.05) is 33.5 Å². The summed E-state index contributed by atoms with van der Waals surface area (Å²) in [5, 5.41) is 0.0904. The molecule has 0 aliphatic rings. The van der Waals surface area contributed by atoms with Crippen molar-refractivity contribution in [3.8, 4) is 40.2 Å². The molecule has 0 N–H and O–H groups in total. The molecule has 0 bridgehead atoms. The molecule has 0 saturated carbocycles. The van der Waals surface area contributed by atoms with Gasteiger partial charge in [0.2, 0.25) is 5.89 Å². The number of nitrogens with zero attached hydrogens (tertiary/aromatic N) is 1. The number of hydrogen-bond acceptors (Lipinski definition) is 14. The summed E-state index contributed by atoms with van der Waals surface area (Å²) in [5.41, 5.74) is 0.999. The van der Waals surface area contributed by atoms with Crippen LogP contribution in [0.3, 0.4) is 0 Å². The summed E-state index contributed by atoms with van der Waals surface area (Å²) in [6, 6.07) is 20.2. The molecule has 0 aliphatic heterocycles. The van der Waals surface area contributed by atoms with Gasteiger partial charge in [0.25, 0.3) is 0 Å². The van der Waals surface area contributed by atoms with E-state index in [0.717, 1.165) is 12.2 Å². The molecule has 0 unspecified atom stereocenters. The SMILES string of the molecule is C=CC(=O)OCCCOc1ccc(C(=O)Oc2cc3c(=O)oc(-c4ccc(OC(=O)c5ccc(OCCCOC(=O)C=C)cc5)c(OC)c4)nc3cc2C)cc1. The third kappa shape index (κ3) is 10.7. The van der Waals surface area contributed by atoms with Crippen molar-refractivity contribution in [2.45, 2.75) is 19.8 Å². The maximum Gasteiger partial charge on any atom is 0.347 e. The first-order chi connectivity index (χ1) is 27.1. The first-order valence-corrected chi connectivity index (χ1v) is 17.2. The van der Waals surface area contributed by atoms with Gasteiger partial charge in [-0.15, -0.1) is 0 Å². The van der Waals surface area contributed by atoms with Crippen LogP contribution in [0.5, 0.6) is 28.7 Å². The van der Waals surface area contributed by atoms with E-state index in [-0.39, 0.29) is 52.9 Å². The van der Waals surface area contributed by atoms with Gasteiger partial charge in [-0.25, -0.2) is 29.0 Å². The fourth-order valence-corrected chi connectivity index (χ4v) is 4.98. The van der Waals surface area contributed by atoms with Crippen LogP contribution >= 0.6 is 0 Å². The maximum atomic E-state index is 13.2. The number of benzene rings is 4. The lowest BCUT2D eigenvalue weighted by molar-refractivity contribution is -0.138. The van der Waals surface area contributed by atoms with Gasteiger partial charge < -0.3 is 37.6 Å². The summed E-state index contributed by atoms with van der Waals surface area (Å²) < 4.78 is 43.2. The predicted molar refractivity (Wildman–Crippen MR) is 202 cm³/mol. The largest absolute Gasteiger partial charge is 0.493 e. The lowest BCUT2D eigenvalue weighted by Crippen LogP contribution is -2.11. The molecule has 14 heteroatoms. The van der Waals surface area contributed by atoms with Crippen LogP contribution in [-0.2, 0) is 19.1 Å². The van der Waals surface area contributed by atoms with Crippen molar-refractivity contribution in [3.63, 3.8) is 0 Å². The average Bonchev–Trinajstić information content (AvgIpc) is 3.21. The van der Waals surface area contributed by atoms with Gasteiger partial charge in [-0.2, -0.15) is 0 Å². The van der Waals surface area contributed by atoms with Crippen molar-refractivity contribution >= 4 is 34.8 Å². The summed E-state index contributed by atoms with van der Waals surface area (Å²) >= 11 is 0. The summed E-state index contributed by atoms with van der Waals surface area (Å²) in [6.45, 7) is 9.36. The Hall–Kier alpha value is -7.22. The van der Waals surface area contributed by atoms with E-state index < -0.39 is 29.5 Å². The predicted octanol–water partition coefficient (Wildman–Crippen LogP) is 6.61. The second-order valence-corrected chi connectivity index (χ2v) is 11.8. The molecule has 4 aromatic carbocycles. The zero-order valence-corrected chi connectivity index (χ0v) is 30.6. The lowest BCUT2D eigenvalue weighted by Gasteiger charge is -2.12. The number of fused-ring (bicyclic) bond motifs is 1. The number of aromatic nitrogens is 1. The summed E-state index contributed by atoms with van der Waals surface area (Å²) in [5.74, 6) is -0.842. The number of rotatable bonds is 18. The Morgan fingerprint density at radius 1 is 0.679 bits per heavy atom. The standard InChI is InChI=1S/C42H37NO13/c1-5-37(44)52-21-7-19-50-30-14-9-27(10-15-30)40(46)54-34-18-13-29(24-36(34)49-4)39-43-33-23-26(3)35(25-32(33)42(48)56-39)55-41(47)28-11-16-31(17-12-28)51-20-8-22-53-38(45)6-2/h5-6,9-18,23-25H,1-2,7-8,19-22H2,3-4H3. The number of aryl methyl sites for hydroxylation is 1. The molecule has 5 rings (SSSR count). The smallest absolute Gasteiger partial charge is 0.347 e. The highest BCUT2D eigenvalue weighted by molar-refractivity contribution is 5.93. The number of esters is 4. The maximum absolute atomic E-state index is 13.2. The Labute approximate surface area is 320 Å². The first-order valence-electron chi connectivity index (χ1n) is 17.2. The van der Waals surface area contributed by atoms with Crippen LogP contribution in [0.15, 0.2) is 113 Å². The van der Waals surface area contributed by atoms with E-state index >= 15 is 0 Å². The van der Waals surface area contributed by atoms with Crippen molar-refractivity contribution in [1.29, 1.82) is 0 Å². The van der Waals surface area contributed by atoms with E-state index in [2.05, 4.69) is 18.1 Å². The molecule has 0 amide bonds. The van der Waals surface area contributed by atoms with Crippen LogP contribution in [0.1, 0.15) is 39.1 Å². The normalized spacial score (nSPS) is 10.5. The zero-order chi connectivity index (χ0) is 40.0. The Bertz CT molecular complexity index is 2290. The van der Waals surface area contributed by atoms with Crippen molar-refractivity contribution in [2.24, 2.45) is 0 Å².